The number of oxazole rings is 1. The number of aliphatic carboxylic acids is 1. The molecule has 1 N–H and O–H groups in total. The van der Waals surface area contributed by atoms with Gasteiger partial charge in [0, 0.05) is 5.56 Å². The monoisotopic (exact) mass is 617 g/mol. The average molecular weight is 618 g/mol. The van der Waals surface area contributed by atoms with Crippen molar-refractivity contribution in [1.29, 1.82) is 0 Å². The Labute approximate surface area is 249 Å². The van der Waals surface area contributed by atoms with Crippen molar-refractivity contribution in [1.82, 2.24) is 9.29 Å². The van der Waals surface area contributed by atoms with Gasteiger partial charge in [-0.05, 0) is 64.0 Å². The Morgan fingerprint density at radius 1 is 1.24 bits per heavy atom. The Bertz CT molecular complexity index is 1570. The third kappa shape index (κ3) is 5.18. The minimum Gasteiger partial charge on any atom is -0.496 e. The predicted molar refractivity (Wildman–Crippen MR) is 157 cm³/mol. The van der Waals surface area contributed by atoms with E-state index in [1.54, 1.807) is 13.0 Å². The van der Waals surface area contributed by atoms with Gasteiger partial charge in [0.1, 0.15) is 23.1 Å². The number of thiophene rings is 1. The van der Waals surface area contributed by atoms with Gasteiger partial charge in [0.25, 0.3) is 5.91 Å². The number of aromatic nitrogens is 1. The quantitative estimate of drug-likeness (QED) is 0.333. The standard InChI is InChI=1S/C29H35N3O8S2/c1-17-10-12-19(13-11-17)40-22(20-8-6-7-9-21(20)38-5)16-31-27-23(18(2)24(41-27)25-30-14-15-39-25)26(33)32(42(31,36)37)29(3,4)28(34)35/h6-9,14-15,17,19,22H,10-13,16H2,1-5H3,(H,34,35)/t17?,19?,22-/m0/s1. The van der Waals surface area contributed by atoms with Crippen LogP contribution in [0.15, 0.2) is 41.1 Å². The van der Waals surface area contributed by atoms with E-state index in [2.05, 4.69) is 11.9 Å². The first kappa shape index (κ1) is 30.1. The number of nitrogens with zero attached hydrogens (tertiary/aromatic N) is 3. The van der Waals surface area contributed by atoms with Gasteiger partial charge in [-0.1, -0.05) is 25.1 Å². The van der Waals surface area contributed by atoms with Gasteiger partial charge in [-0.15, -0.1) is 11.3 Å². The second-order valence-electron chi connectivity index (χ2n) is 11.3. The molecule has 1 aromatic carbocycles. The van der Waals surface area contributed by atoms with E-state index in [9.17, 15) is 23.1 Å². The lowest BCUT2D eigenvalue weighted by Crippen LogP contribution is -2.62. The Morgan fingerprint density at radius 3 is 2.55 bits per heavy atom. The number of carbonyl (C=O) groups excluding carboxylic acids is 1. The van der Waals surface area contributed by atoms with Crippen molar-refractivity contribution in [2.45, 2.75) is 71.1 Å². The number of hydrogen-bond acceptors (Lipinski definition) is 9. The third-order valence-corrected chi connectivity index (χ3v) is 11.4. The van der Waals surface area contributed by atoms with Crippen molar-refractivity contribution in [3.63, 3.8) is 0 Å². The number of carboxylic acid groups (broad SMARTS) is 1. The number of rotatable bonds is 9. The maximum absolute atomic E-state index is 14.3. The number of ether oxygens (including phenoxy) is 2. The average Bonchev–Trinajstić information content (AvgIpc) is 3.59. The number of methoxy groups -OCH3 is 1. The largest absolute Gasteiger partial charge is 0.496 e. The van der Waals surface area contributed by atoms with Crippen LogP contribution >= 0.6 is 11.3 Å². The molecule has 3 aromatic rings. The van der Waals surface area contributed by atoms with Crippen LogP contribution in [0.3, 0.4) is 0 Å². The summed E-state index contributed by atoms with van der Waals surface area (Å²) < 4.78 is 48.0. The molecule has 0 saturated heterocycles. The summed E-state index contributed by atoms with van der Waals surface area (Å²) in [6.45, 7) is 6.05. The summed E-state index contributed by atoms with van der Waals surface area (Å²) in [5, 5.41) is 10.2. The van der Waals surface area contributed by atoms with Crippen LogP contribution in [0.2, 0.25) is 0 Å². The van der Waals surface area contributed by atoms with E-state index in [1.165, 1.54) is 33.4 Å². The fourth-order valence-electron chi connectivity index (χ4n) is 5.58. The van der Waals surface area contributed by atoms with Crippen LogP contribution in [0.1, 0.15) is 74.0 Å². The van der Waals surface area contributed by atoms with E-state index in [1.807, 2.05) is 18.2 Å². The van der Waals surface area contributed by atoms with E-state index in [0.717, 1.165) is 41.3 Å². The van der Waals surface area contributed by atoms with E-state index >= 15 is 0 Å². The summed E-state index contributed by atoms with van der Waals surface area (Å²) in [7, 11) is -3.16. The van der Waals surface area contributed by atoms with Crippen LogP contribution in [0.25, 0.3) is 10.8 Å². The van der Waals surface area contributed by atoms with E-state index in [-0.39, 0.29) is 29.1 Å². The molecule has 1 aliphatic carbocycles. The minimum absolute atomic E-state index is 0.0858. The first-order chi connectivity index (χ1) is 19.9. The molecule has 2 aromatic heterocycles. The highest BCUT2D eigenvalue weighted by atomic mass is 32.2. The molecule has 3 heterocycles. The number of hydrogen-bond donors (Lipinski definition) is 1. The number of anilines is 1. The molecule has 0 bridgehead atoms. The molecular weight excluding hydrogens is 582 g/mol. The molecule has 42 heavy (non-hydrogen) atoms. The smallest absolute Gasteiger partial charge is 0.330 e. The van der Waals surface area contributed by atoms with Crippen LogP contribution in [0.5, 0.6) is 5.75 Å². The number of carboxylic acids is 1. The Kier molecular flexibility index (Phi) is 8.12. The summed E-state index contributed by atoms with van der Waals surface area (Å²) in [4.78, 5) is 30.9. The lowest BCUT2D eigenvalue weighted by molar-refractivity contribution is -0.145. The molecule has 1 amide bonds. The molecule has 226 valence electrons. The molecule has 0 unspecified atom stereocenters. The van der Waals surface area contributed by atoms with Crippen molar-refractivity contribution >= 4 is 38.4 Å². The number of benzene rings is 1. The zero-order chi connectivity index (χ0) is 30.4. The number of carbonyl (C=O) groups is 2. The van der Waals surface area contributed by atoms with Crippen LogP contribution in [-0.2, 0) is 19.7 Å². The van der Waals surface area contributed by atoms with Gasteiger partial charge < -0.3 is 19.0 Å². The molecule has 11 nitrogen and oxygen atoms in total. The van der Waals surface area contributed by atoms with Gasteiger partial charge in [0.2, 0.25) is 5.89 Å². The first-order valence-electron chi connectivity index (χ1n) is 13.8. The van der Waals surface area contributed by atoms with Gasteiger partial charge in [-0.2, -0.15) is 8.42 Å². The van der Waals surface area contributed by atoms with Crippen LogP contribution < -0.4 is 9.04 Å². The lowest BCUT2D eigenvalue weighted by Gasteiger charge is -2.42. The molecule has 0 radical (unpaired) electrons. The third-order valence-electron chi connectivity index (χ3n) is 8.06. The highest BCUT2D eigenvalue weighted by Gasteiger charge is 2.54. The van der Waals surface area contributed by atoms with Crippen molar-refractivity contribution < 1.29 is 37.0 Å². The molecule has 1 saturated carbocycles. The van der Waals surface area contributed by atoms with Crippen molar-refractivity contribution in [2.24, 2.45) is 5.92 Å². The summed E-state index contributed by atoms with van der Waals surface area (Å²) in [6, 6.07) is 7.25. The van der Waals surface area contributed by atoms with Crippen molar-refractivity contribution in [3.05, 3.63) is 53.4 Å². The molecule has 2 aliphatic rings. The van der Waals surface area contributed by atoms with Crippen molar-refractivity contribution in [3.8, 4) is 16.5 Å². The van der Waals surface area contributed by atoms with Gasteiger partial charge >= 0.3 is 16.2 Å². The van der Waals surface area contributed by atoms with Crippen LogP contribution in [0, 0.1) is 12.8 Å². The zero-order valence-electron chi connectivity index (χ0n) is 24.2. The maximum atomic E-state index is 14.3. The fraction of sp³-hybridized carbons (Fsp3) is 0.483. The predicted octanol–water partition coefficient (Wildman–Crippen LogP) is 5.43. The van der Waals surface area contributed by atoms with Gasteiger partial charge in [0.05, 0.1) is 36.4 Å². The first-order valence-corrected chi connectivity index (χ1v) is 16.0. The highest BCUT2D eigenvalue weighted by Crippen LogP contribution is 2.48. The molecule has 0 spiro atoms. The topological polar surface area (TPSA) is 139 Å². The summed E-state index contributed by atoms with van der Waals surface area (Å²) in [5.41, 5.74) is -0.895. The second-order valence-corrected chi connectivity index (χ2v) is 14.0. The SMILES string of the molecule is COc1ccccc1[C@H](CN1c2sc(-c3ncco3)c(C)c2C(=O)N(C(C)(C)C(=O)O)S1(=O)=O)OC1CCC(C)CC1. The van der Waals surface area contributed by atoms with E-state index in [4.69, 9.17) is 13.9 Å². The van der Waals surface area contributed by atoms with Crippen LogP contribution in [-0.4, -0.2) is 60.0 Å². The van der Waals surface area contributed by atoms with Crippen molar-refractivity contribution in [2.75, 3.05) is 18.0 Å². The Morgan fingerprint density at radius 2 is 1.93 bits per heavy atom. The number of fused-ring (bicyclic) bond motifs is 1. The fourth-order valence-corrected chi connectivity index (χ4v) is 8.90. The summed E-state index contributed by atoms with van der Waals surface area (Å²) in [6.07, 6.45) is 5.60. The maximum Gasteiger partial charge on any atom is 0.330 e. The zero-order valence-corrected chi connectivity index (χ0v) is 25.8. The van der Waals surface area contributed by atoms with Crippen LogP contribution in [0.4, 0.5) is 5.00 Å². The van der Waals surface area contributed by atoms with Gasteiger partial charge in [-0.3, -0.25) is 4.79 Å². The summed E-state index contributed by atoms with van der Waals surface area (Å²) in [5.74, 6) is -1.04. The Hall–Kier alpha value is -3.42. The number of amides is 1. The number of para-hydroxylation sites is 1. The van der Waals surface area contributed by atoms with Gasteiger partial charge in [-0.25, -0.2) is 18.4 Å². The van der Waals surface area contributed by atoms with E-state index < -0.39 is 33.7 Å². The molecular formula is C29H35N3O8S2. The molecule has 13 heteroatoms. The molecule has 5 rings (SSSR count). The second kappa shape index (κ2) is 11.3. The highest BCUT2D eigenvalue weighted by molar-refractivity contribution is 7.91. The molecule has 1 aliphatic heterocycles. The normalized spacial score (nSPS) is 21.2. The minimum atomic E-state index is -4.70. The molecule has 1 atom stereocenters. The van der Waals surface area contributed by atoms with E-state index in [0.29, 0.717) is 32.0 Å². The Balaban J connectivity index is 1.67. The summed E-state index contributed by atoms with van der Waals surface area (Å²) >= 11 is 1.06. The van der Waals surface area contributed by atoms with Gasteiger partial charge in [0.15, 0.2) is 5.54 Å². The molecule has 1 fully saturated rings. The lowest BCUT2D eigenvalue weighted by atomic mass is 9.88.